The lowest BCUT2D eigenvalue weighted by atomic mass is 10.1. The summed E-state index contributed by atoms with van der Waals surface area (Å²) in [5.74, 6) is 0.125. The van der Waals surface area contributed by atoms with E-state index in [9.17, 15) is 4.39 Å². The van der Waals surface area contributed by atoms with Gasteiger partial charge in [0.05, 0.1) is 6.04 Å². The summed E-state index contributed by atoms with van der Waals surface area (Å²) in [4.78, 5) is 5.78. The third-order valence-corrected chi connectivity index (χ3v) is 3.21. The van der Waals surface area contributed by atoms with Gasteiger partial charge < -0.3 is 4.90 Å². The lowest BCUT2D eigenvalue weighted by Gasteiger charge is -2.26. The van der Waals surface area contributed by atoms with Gasteiger partial charge in [-0.1, -0.05) is 29.8 Å². The van der Waals surface area contributed by atoms with Crippen LogP contribution in [0.3, 0.4) is 0 Å². The van der Waals surface area contributed by atoms with Crippen molar-refractivity contribution in [3.8, 4) is 0 Å². The molecular weight excluding hydrogens is 251 g/mol. The number of anilines is 1. The predicted molar refractivity (Wildman–Crippen MR) is 72.5 cm³/mol. The van der Waals surface area contributed by atoms with E-state index in [1.165, 1.54) is 6.07 Å². The maximum absolute atomic E-state index is 13.1. The molecule has 0 aliphatic rings. The highest BCUT2D eigenvalue weighted by molar-refractivity contribution is 6.30. The van der Waals surface area contributed by atoms with Gasteiger partial charge in [0.25, 0.3) is 0 Å². The number of hydrogen-bond acceptors (Lipinski definition) is 2. The Morgan fingerprint density at radius 1 is 1.22 bits per heavy atom. The zero-order chi connectivity index (χ0) is 13.1. The molecule has 0 saturated heterocycles. The van der Waals surface area contributed by atoms with E-state index < -0.39 is 5.95 Å². The van der Waals surface area contributed by atoms with Gasteiger partial charge in [-0.15, -0.1) is 0 Å². The minimum atomic E-state index is -0.474. The van der Waals surface area contributed by atoms with Gasteiger partial charge in [0.15, 0.2) is 0 Å². The molecule has 0 amide bonds. The molecule has 1 heterocycles. The van der Waals surface area contributed by atoms with E-state index in [-0.39, 0.29) is 6.04 Å². The van der Waals surface area contributed by atoms with Crippen molar-refractivity contribution in [2.45, 2.75) is 13.0 Å². The van der Waals surface area contributed by atoms with Crippen molar-refractivity contribution in [3.05, 3.63) is 59.0 Å². The maximum atomic E-state index is 13.1. The van der Waals surface area contributed by atoms with E-state index in [2.05, 4.69) is 4.98 Å². The van der Waals surface area contributed by atoms with E-state index in [4.69, 9.17) is 11.6 Å². The highest BCUT2D eigenvalue weighted by Gasteiger charge is 2.13. The van der Waals surface area contributed by atoms with Crippen LogP contribution < -0.4 is 4.90 Å². The largest absolute Gasteiger partial charge is 0.353 e. The number of pyridine rings is 1. The molecule has 4 heteroatoms. The highest BCUT2D eigenvalue weighted by atomic mass is 35.5. The summed E-state index contributed by atoms with van der Waals surface area (Å²) in [6.07, 6.45) is 0. The van der Waals surface area contributed by atoms with Crippen LogP contribution in [0.1, 0.15) is 18.5 Å². The van der Waals surface area contributed by atoms with Gasteiger partial charge in [-0.05, 0) is 36.8 Å². The molecule has 0 fully saturated rings. The van der Waals surface area contributed by atoms with Crippen molar-refractivity contribution in [1.29, 1.82) is 0 Å². The van der Waals surface area contributed by atoms with Crippen LogP contribution in [0, 0.1) is 5.95 Å². The molecule has 2 aromatic rings. The number of nitrogens with zero attached hydrogens (tertiary/aromatic N) is 2. The molecule has 1 aromatic carbocycles. The quantitative estimate of drug-likeness (QED) is 0.777. The van der Waals surface area contributed by atoms with Crippen molar-refractivity contribution >= 4 is 17.4 Å². The third-order valence-electron chi connectivity index (χ3n) is 2.97. The fourth-order valence-corrected chi connectivity index (χ4v) is 1.98. The molecule has 18 heavy (non-hydrogen) atoms. The first kappa shape index (κ1) is 12.8. The van der Waals surface area contributed by atoms with E-state index in [0.29, 0.717) is 10.8 Å². The van der Waals surface area contributed by atoms with Crippen LogP contribution in [0.25, 0.3) is 0 Å². The molecule has 0 bridgehead atoms. The number of benzene rings is 1. The van der Waals surface area contributed by atoms with Gasteiger partial charge in [-0.25, -0.2) is 4.98 Å². The first-order valence-electron chi connectivity index (χ1n) is 5.69. The topological polar surface area (TPSA) is 16.1 Å². The van der Waals surface area contributed by atoms with Crippen molar-refractivity contribution in [2.24, 2.45) is 0 Å². The van der Waals surface area contributed by atoms with Gasteiger partial charge >= 0.3 is 0 Å². The molecule has 0 spiro atoms. The third kappa shape index (κ3) is 2.79. The molecule has 2 rings (SSSR count). The Hall–Kier alpha value is -1.61. The highest BCUT2D eigenvalue weighted by Crippen LogP contribution is 2.25. The average molecular weight is 265 g/mol. The summed E-state index contributed by atoms with van der Waals surface area (Å²) in [7, 11) is 1.88. The van der Waals surface area contributed by atoms with E-state index in [1.54, 1.807) is 12.1 Å². The zero-order valence-electron chi connectivity index (χ0n) is 10.3. The fourth-order valence-electron chi connectivity index (χ4n) is 1.78. The molecular formula is C14H14ClFN2. The molecule has 2 nitrogen and oxygen atoms in total. The Kier molecular flexibility index (Phi) is 3.82. The van der Waals surface area contributed by atoms with Crippen LogP contribution in [-0.4, -0.2) is 12.0 Å². The molecule has 94 valence electrons. The van der Waals surface area contributed by atoms with Crippen molar-refractivity contribution in [2.75, 3.05) is 11.9 Å². The maximum Gasteiger partial charge on any atom is 0.214 e. The summed E-state index contributed by atoms with van der Waals surface area (Å²) in [6, 6.07) is 12.5. The predicted octanol–water partition coefficient (Wildman–Crippen LogP) is 4.07. The Bertz CT molecular complexity index is 495. The Labute approximate surface area is 111 Å². The van der Waals surface area contributed by atoms with Gasteiger partial charge in [0.1, 0.15) is 5.82 Å². The summed E-state index contributed by atoms with van der Waals surface area (Å²) in [6.45, 7) is 2.03. The SMILES string of the molecule is CC(c1cccc(Cl)c1)N(C)c1cccc(F)n1. The van der Waals surface area contributed by atoms with Crippen LogP contribution in [0.4, 0.5) is 10.2 Å². The standard InChI is InChI=1S/C14H14ClFN2/c1-10(11-5-3-6-12(15)9-11)18(2)14-8-4-7-13(16)17-14/h3-10H,1-2H3. The Morgan fingerprint density at radius 3 is 2.61 bits per heavy atom. The Balaban J connectivity index is 2.26. The smallest absolute Gasteiger partial charge is 0.214 e. The molecule has 1 unspecified atom stereocenters. The molecule has 0 radical (unpaired) electrons. The van der Waals surface area contributed by atoms with Gasteiger partial charge in [0, 0.05) is 12.1 Å². The number of aromatic nitrogens is 1. The number of halogens is 2. The van der Waals surface area contributed by atoms with Gasteiger partial charge in [0.2, 0.25) is 5.95 Å². The lowest BCUT2D eigenvalue weighted by molar-refractivity contribution is 0.579. The minimum Gasteiger partial charge on any atom is -0.353 e. The Morgan fingerprint density at radius 2 is 1.94 bits per heavy atom. The molecule has 0 N–H and O–H groups in total. The summed E-state index contributed by atoms with van der Waals surface area (Å²) >= 11 is 5.97. The second-order valence-electron chi connectivity index (χ2n) is 4.16. The monoisotopic (exact) mass is 264 g/mol. The second kappa shape index (κ2) is 5.36. The average Bonchev–Trinajstić information content (AvgIpc) is 2.37. The first-order valence-corrected chi connectivity index (χ1v) is 6.06. The zero-order valence-corrected chi connectivity index (χ0v) is 11.0. The molecule has 0 aliphatic carbocycles. The van der Waals surface area contributed by atoms with Crippen LogP contribution in [0.5, 0.6) is 0 Å². The van der Waals surface area contributed by atoms with E-state index in [0.717, 1.165) is 5.56 Å². The van der Waals surface area contributed by atoms with E-state index in [1.807, 2.05) is 43.1 Å². The van der Waals surface area contributed by atoms with E-state index >= 15 is 0 Å². The normalized spacial score (nSPS) is 12.2. The van der Waals surface area contributed by atoms with Gasteiger partial charge in [-0.3, -0.25) is 0 Å². The first-order chi connectivity index (χ1) is 8.58. The summed E-state index contributed by atoms with van der Waals surface area (Å²) < 4.78 is 13.1. The van der Waals surface area contributed by atoms with Crippen molar-refractivity contribution in [3.63, 3.8) is 0 Å². The lowest BCUT2D eigenvalue weighted by Crippen LogP contribution is -2.22. The number of rotatable bonds is 3. The fraction of sp³-hybridized carbons (Fsp3) is 0.214. The van der Waals surface area contributed by atoms with Crippen molar-refractivity contribution < 1.29 is 4.39 Å². The minimum absolute atomic E-state index is 0.0676. The second-order valence-corrected chi connectivity index (χ2v) is 4.60. The van der Waals surface area contributed by atoms with Crippen LogP contribution in [0.2, 0.25) is 5.02 Å². The van der Waals surface area contributed by atoms with Crippen LogP contribution in [-0.2, 0) is 0 Å². The van der Waals surface area contributed by atoms with Crippen LogP contribution >= 0.6 is 11.6 Å². The molecule has 1 atom stereocenters. The molecule has 0 saturated carbocycles. The van der Waals surface area contributed by atoms with Crippen molar-refractivity contribution in [1.82, 2.24) is 4.98 Å². The molecule has 1 aromatic heterocycles. The van der Waals surface area contributed by atoms with Crippen LogP contribution in [0.15, 0.2) is 42.5 Å². The molecule has 0 aliphatic heterocycles. The summed E-state index contributed by atoms with van der Waals surface area (Å²) in [5, 5.41) is 0.694. The summed E-state index contributed by atoms with van der Waals surface area (Å²) in [5.41, 5.74) is 1.07. The van der Waals surface area contributed by atoms with Gasteiger partial charge in [-0.2, -0.15) is 4.39 Å². The number of hydrogen-bond donors (Lipinski definition) is 0.